The van der Waals surface area contributed by atoms with Gasteiger partial charge in [0.25, 0.3) is 0 Å². The van der Waals surface area contributed by atoms with Crippen molar-refractivity contribution in [2.75, 3.05) is 5.73 Å². The molecule has 90 valence electrons. The highest BCUT2D eigenvalue weighted by molar-refractivity contribution is 5.72. The van der Waals surface area contributed by atoms with Gasteiger partial charge >= 0.3 is 0 Å². The molecule has 3 nitrogen and oxygen atoms in total. The first-order valence-electron chi connectivity index (χ1n) is 5.29. The minimum absolute atomic E-state index is 0.0842. The first-order chi connectivity index (χ1) is 8.00. The van der Waals surface area contributed by atoms with Crippen molar-refractivity contribution >= 4 is 5.69 Å². The first kappa shape index (κ1) is 11.6. The molecule has 2 N–H and O–H groups in total. The molecule has 0 saturated heterocycles. The number of nitrogens with two attached hydrogens (primary N) is 1. The van der Waals surface area contributed by atoms with Crippen molar-refractivity contribution in [3.8, 4) is 11.3 Å². The highest BCUT2D eigenvalue weighted by Crippen LogP contribution is 2.29. The normalized spacial score (nSPS) is 11.1. The second-order valence-corrected chi connectivity index (χ2v) is 4.10. The van der Waals surface area contributed by atoms with Gasteiger partial charge in [0.2, 0.25) is 0 Å². The summed E-state index contributed by atoms with van der Waals surface area (Å²) in [6, 6.07) is 3.77. The lowest BCUT2D eigenvalue weighted by Crippen LogP contribution is -2.01. The molecule has 2 aromatic rings. The second kappa shape index (κ2) is 4.16. The molecule has 0 aliphatic rings. The molecule has 17 heavy (non-hydrogen) atoms. The predicted molar refractivity (Wildman–Crippen MR) is 62.4 cm³/mol. The van der Waals surface area contributed by atoms with Gasteiger partial charge < -0.3 is 5.73 Å². The number of benzene rings is 1. The molecular weight excluding hydrogens is 224 g/mol. The van der Waals surface area contributed by atoms with E-state index in [1.54, 1.807) is 10.9 Å². The SMILES string of the molecule is CC(C)n1cc(N)c(-c2c(F)cccc2F)n1. The number of halogens is 2. The summed E-state index contributed by atoms with van der Waals surface area (Å²) in [5.74, 6) is -1.32. The number of nitrogen functional groups attached to an aromatic ring is 1. The van der Waals surface area contributed by atoms with Gasteiger partial charge in [0.1, 0.15) is 17.3 Å². The molecule has 0 radical (unpaired) electrons. The van der Waals surface area contributed by atoms with Crippen LogP contribution in [0.5, 0.6) is 0 Å². The number of rotatable bonds is 2. The minimum atomic E-state index is -0.661. The van der Waals surface area contributed by atoms with E-state index < -0.39 is 11.6 Å². The molecule has 5 heteroatoms. The van der Waals surface area contributed by atoms with Crippen LogP contribution >= 0.6 is 0 Å². The second-order valence-electron chi connectivity index (χ2n) is 4.10. The third-order valence-electron chi connectivity index (χ3n) is 2.49. The molecule has 1 aromatic carbocycles. The molecule has 0 unspecified atom stereocenters. The van der Waals surface area contributed by atoms with Gasteiger partial charge in [-0.1, -0.05) is 6.07 Å². The maximum absolute atomic E-state index is 13.6. The van der Waals surface area contributed by atoms with E-state index in [1.807, 2.05) is 13.8 Å². The Morgan fingerprint density at radius 3 is 2.29 bits per heavy atom. The van der Waals surface area contributed by atoms with Crippen LogP contribution in [0, 0.1) is 11.6 Å². The van der Waals surface area contributed by atoms with Crippen LogP contribution in [0.2, 0.25) is 0 Å². The van der Waals surface area contributed by atoms with Crippen LogP contribution < -0.4 is 5.73 Å². The van der Waals surface area contributed by atoms with Crippen LogP contribution in [0.25, 0.3) is 11.3 Å². The van der Waals surface area contributed by atoms with E-state index in [4.69, 9.17) is 5.73 Å². The Kier molecular flexibility index (Phi) is 2.83. The largest absolute Gasteiger partial charge is 0.396 e. The van der Waals surface area contributed by atoms with Gasteiger partial charge in [-0.3, -0.25) is 4.68 Å². The molecule has 0 atom stereocenters. The fourth-order valence-corrected chi connectivity index (χ4v) is 1.59. The third kappa shape index (κ3) is 2.00. The Morgan fingerprint density at radius 2 is 1.82 bits per heavy atom. The van der Waals surface area contributed by atoms with Crippen molar-refractivity contribution in [2.45, 2.75) is 19.9 Å². The zero-order valence-corrected chi connectivity index (χ0v) is 9.61. The third-order valence-corrected chi connectivity index (χ3v) is 2.49. The predicted octanol–water partition coefficient (Wildman–Crippen LogP) is 2.99. The molecule has 0 bridgehead atoms. The van der Waals surface area contributed by atoms with Crippen LogP contribution in [0.4, 0.5) is 14.5 Å². The van der Waals surface area contributed by atoms with E-state index in [-0.39, 0.29) is 23.0 Å². The Labute approximate surface area is 97.9 Å². The van der Waals surface area contributed by atoms with E-state index >= 15 is 0 Å². The van der Waals surface area contributed by atoms with Crippen molar-refractivity contribution in [1.82, 2.24) is 9.78 Å². The van der Waals surface area contributed by atoms with E-state index in [1.165, 1.54) is 18.2 Å². The fourth-order valence-electron chi connectivity index (χ4n) is 1.59. The quantitative estimate of drug-likeness (QED) is 0.872. The van der Waals surface area contributed by atoms with Gasteiger partial charge in [-0.15, -0.1) is 0 Å². The Hall–Kier alpha value is -1.91. The van der Waals surface area contributed by atoms with Crippen molar-refractivity contribution < 1.29 is 8.78 Å². The Bertz CT molecular complexity index is 526. The van der Waals surface area contributed by atoms with Crippen molar-refractivity contribution in [3.63, 3.8) is 0 Å². The molecule has 0 amide bonds. The summed E-state index contributed by atoms with van der Waals surface area (Å²) >= 11 is 0. The molecule has 0 saturated carbocycles. The van der Waals surface area contributed by atoms with Gasteiger partial charge in [-0.2, -0.15) is 5.10 Å². The van der Waals surface area contributed by atoms with E-state index in [0.717, 1.165) is 0 Å². The molecule has 0 fully saturated rings. The zero-order chi connectivity index (χ0) is 12.6. The van der Waals surface area contributed by atoms with Crippen LogP contribution in [-0.4, -0.2) is 9.78 Å². The fraction of sp³-hybridized carbons (Fsp3) is 0.250. The van der Waals surface area contributed by atoms with Gasteiger partial charge in [0.15, 0.2) is 0 Å². The molecule has 2 rings (SSSR count). The molecule has 1 heterocycles. The van der Waals surface area contributed by atoms with Gasteiger partial charge in [-0.25, -0.2) is 8.78 Å². The number of hydrogen-bond donors (Lipinski definition) is 1. The topological polar surface area (TPSA) is 43.8 Å². The minimum Gasteiger partial charge on any atom is -0.396 e. The van der Waals surface area contributed by atoms with E-state index in [0.29, 0.717) is 0 Å². The summed E-state index contributed by atoms with van der Waals surface area (Å²) in [6.45, 7) is 3.82. The zero-order valence-electron chi connectivity index (χ0n) is 9.61. The number of aromatic nitrogens is 2. The first-order valence-corrected chi connectivity index (χ1v) is 5.29. The summed E-state index contributed by atoms with van der Waals surface area (Å²) in [5, 5.41) is 4.11. The molecule has 0 spiro atoms. The summed E-state index contributed by atoms with van der Waals surface area (Å²) in [7, 11) is 0. The lowest BCUT2D eigenvalue weighted by molar-refractivity contribution is 0.531. The monoisotopic (exact) mass is 237 g/mol. The highest BCUT2D eigenvalue weighted by Gasteiger charge is 2.17. The number of nitrogens with zero attached hydrogens (tertiary/aromatic N) is 2. The highest BCUT2D eigenvalue weighted by atomic mass is 19.1. The van der Waals surface area contributed by atoms with E-state index in [9.17, 15) is 8.78 Å². The molecule has 0 aliphatic heterocycles. The lowest BCUT2D eigenvalue weighted by atomic mass is 10.1. The Morgan fingerprint density at radius 1 is 1.24 bits per heavy atom. The lowest BCUT2D eigenvalue weighted by Gasteiger charge is -2.04. The molecule has 0 aliphatic carbocycles. The number of anilines is 1. The average molecular weight is 237 g/mol. The molecular formula is C12H13F2N3. The van der Waals surface area contributed by atoms with E-state index in [2.05, 4.69) is 5.10 Å². The van der Waals surface area contributed by atoms with Crippen LogP contribution in [0.3, 0.4) is 0 Å². The standard InChI is InChI=1S/C12H13F2N3/c1-7(2)17-6-10(15)12(16-17)11-8(13)4-3-5-9(11)14/h3-7H,15H2,1-2H3. The van der Waals surface area contributed by atoms with Crippen LogP contribution in [-0.2, 0) is 0 Å². The van der Waals surface area contributed by atoms with Crippen molar-refractivity contribution in [3.05, 3.63) is 36.0 Å². The van der Waals surface area contributed by atoms with Crippen LogP contribution in [0.1, 0.15) is 19.9 Å². The van der Waals surface area contributed by atoms with Gasteiger partial charge in [0.05, 0.1) is 11.3 Å². The summed E-state index contributed by atoms with van der Waals surface area (Å²) < 4.78 is 28.7. The summed E-state index contributed by atoms with van der Waals surface area (Å²) in [6.07, 6.45) is 1.58. The maximum atomic E-state index is 13.6. The van der Waals surface area contributed by atoms with Crippen molar-refractivity contribution in [2.24, 2.45) is 0 Å². The number of hydrogen-bond acceptors (Lipinski definition) is 2. The van der Waals surface area contributed by atoms with Gasteiger partial charge in [-0.05, 0) is 26.0 Å². The smallest absolute Gasteiger partial charge is 0.135 e. The average Bonchev–Trinajstić information content (AvgIpc) is 2.61. The summed E-state index contributed by atoms with van der Waals surface area (Å²) in [5.41, 5.74) is 5.97. The maximum Gasteiger partial charge on any atom is 0.135 e. The van der Waals surface area contributed by atoms with Crippen molar-refractivity contribution in [1.29, 1.82) is 0 Å². The summed E-state index contributed by atoms with van der Waals surface area (Å²) in [4.78, 5) is 0. The van der Waals surface area contributed by atoms with Crippen LogP contribution in [0.15, 0.2) is 24.4 Å². The Balaban J connectivity index is 2.61. The van der Waals surface area contributed by atoms with Gasteiger partial charge in [0, 0.05) is 12.2 Å². The molecule has 1 aromatic heterocycles.